The van der Waals surface area contributed by atoms with Crippen molar-refractivity contribution >= 4 is 11.6 Å². The number of alkyl halides is 1. The summed E-state index contributed by atoms with van der Waals surface area (Å²) in [5.74, 6) is -0.735. The molecule has 0 aliphatic heterocycles. The van der Waals surface area contributed by atoms with Crippen LogP contribution in [0.1, 0.15) is 15.9 Å². The van der Waals surface area contributed by atoms with Crippen LogP contribution in [-0.2, 0) is 0 Å². The molecule has 0 saturated carbocycles. The number of hydrogen-bond acceptors (Lipinski definition) is 3. The minimum Gasteiger partial charge on any atom is -0.459 e. The number of anilines is 1. The van der Waals surface area contributed by atoms with E-state index in [0.29, 0.717) is 11.3 Å². The van der Waals surface area contributed by atoms with E-state index in [0.717, 1.165) is 5.56 Å². The van der Waals surface area contributed by atoms with Gasteiger partial charge in [0.05, 0.1) is 0 Å². The van der Waals surface area contributed by atoms with Crippen molar-refractivity contribution in [3.05, 3.63) is 53.6 Å². The molecule has 2 rings (SSSR count). The van der Waals surface area contributed by atoms with Crippen LogP contribution in [0.3, 0.4) is 0 Å². The summed E-state index contributed by atoms with van der Waals surface area (Å²) in [5, 5.41) is 2.61. The molecule has 1 N–H and O–H groups in total. The van der Waals surface area contributed by atoms with Crippen LogP contribution in [0.5, 0.6) is 11.5 Å². The Morgan fingerprint density at radius 2 is 1.95 bits per heavy atom. The topological polar surface area (TPSA) is 47.6 Å². The minimum atomic E-state index is -1.11. The first kappa shape index (κ1) is 14.8. The Kier molecular flexibility index (Phi) is 4.71. The fraction of sp³-hybridized carbons (Fsp3) is 0.133. The zero-order valence-electron chi connectivity index (χ0n) is 11.2. The largest absolute Gasteiger partial charge is 0.459 e. The van der Waals surface area contributed by atoms with Gasteiger partial charge in [0.25, 0.3) is 5.91 Å². The number of nitrogens with one attached hydrogen (secondary N) is 1. The van der Waals surface area contributed by atoms with E-state index in [9.17, 15) is 13.7 Å². The highest BCUT2D eigenvalue weighted by Crippen LogP contribution is 2.31. The van der Waals surface area contributed by atoms with Gasteiger partial charge >= 0.3 is 0 Å². The molecule has 6 heteroatoms. The van der Waals surface area contributed by atoms with E-state index in [4.69, 9.17) is 0 Å². The third-order valence-electron chi connectivity index (χ3n) is 2.88. The highest BCUT2D eigenvalue weighted by molar-refractivity contribution is 6.05. The Balaban J connectivity index is 2.20. The van der Waals surface area contributed by atoms with E-state index >= 15 is 0 Å². The second-order valence-electron chi connectivity index (χ2n) is 4.26. The second-order valence-corrected chi connectivity index (χ2v) is 4.26. The standard InChI is InChI=1S/C15H13F2NO3/c1-10-4-2-3-5-12(10)15(19)18-11-6-7-13(20-9-16)14(8-11)21-17/h2-8H,9H2,1H3,(H,18,19). The summed E-state index contributed by atoms with van der Waals surface area (Å²) < 4.78 is 29.0. The van der Waals surface area contributed by atoms with Crippen molar-refractivity contribution in [2.75, 3.05) is 12.2 Å². The van der Waals surface area contributed by atoms with E-state index in [1.165, 1.54) is 18.2 Å². The van der Waals surface area contributed by atoms with Gasteiger partial charge in [0, 0.05) is 21.8 Å². The fourth-order valence-corrected chi connectivity index (χ4v) is 1.85. The summed E-state index contributed by atoms with van der Waals surface area (Å²) in [4.78, 5) is 15.7. The van der Waals surface area contributed by atoms with Gasteiger partial charge in [0.1, 0.15) is 0 Å². The highest BCUT2D eigenvalue weighted by atomic mass is 19.3. The maximum atomic E-state index is 12.4. The number of ether oxygens (including phenoxy) is 1. The molecule has 21 heavy (non-hydrogen) atoms. The van der Waals surface area contributed by atoms with Crippen molar-refractivity contribution < 1.29 is 23.4 Å². The molecule has 0 aromatic heterocycles. The highest BCUT2D eigenvalue weighted by Gasteiger charge is 2.12. The summed E-state index contributed by atoms with van der Waals surface area (Å²) in [6.07, 6.45) is 0. The lowest BCUT2D eigenvalue weighted by molar-refractivity contribution is -0.0107. The SMILES string of the molecule is Cc1ccccc1C(=O)Nc1ccc(OCF)c(OF)c1. The molecule has 0 aliphatic rings. The second kappa shape index (κ2) is 6.69. The Hall–Kier alpha value is -2.63. The van der Waals surface area contributed by atoms with Gasteiger partial charge in [-0.15, -0.1) is 0 Å². The first-order chi connectivity index (χ1) is 10.2. The normalized spacial score (nSPS) is 10.0. The molecule has 0 spiro atoms. The number of carbonyl (C=O) groups is 1. The number of halogens is 2. The molecule has 0 atom stereocenters. The Morgan fingerprint density at radius 3 is 2.62 bits per heavy atom. The van der Waals surface area contributed by atoms with Gasteiger partial charge in [-0.3, -0.25) is 9.74 Å². The molecule has 0 radical (unpaired) electrons. The lowest BCUT2D eigenvalue weighted by Crippen LogP contribution is -2.13. The van der Waals surface area contributed by atoms with Gasteiger partial charge in [-0.1, -0.05) is 18.2 Å². The van der Waals surface area contributed by atoms with Crippen molar-refractivity contribution in [2.45, 2.75) is 6.92 Å². The van der Waals surface area contributed by atoms with Crippen LogP contribution in [0.25, 0.3) is 0 Å². The molecule has 2 aromatic carbocycles. The van der Waals surface area contributed by atoms with Crippen LogP contribution in [0.4, 0.5) is 14.6 Å². The van der Waals surface area contributed by atoms with E-state index < -0.39 is 6.86 Å². The molecule has 2 aromatic rings. The van der Waals surface area contributed by atoms with Crippen LogP contribution in [0.2, 0.25) is 0 Å². The fourth-order valence-electron chi connectivity index (χ4n) is 1.85. The Morgan fingerprint density at radius 1 is 1.19 bits per heavy atom. The average Bonchev–Trinajstić information content (AvgIpc) is 2.49. The monoisotopic (exact) mass is 293 g/mol. The molecular formula is C15H13F2NO3. The summed E-state index contributed by atoms with van der Waals surface area (Å²) in [6, 6.07) is 11.0. The zero-order chi connectivity index (χ0) is 15.2. The van der Waals surface area contributed by atoms with Gasteiger partial charge in [-0.05, 0) is 30.7 Å². The van der Waals surface area contributed by atoms with Crippen LogP contribution < -0.4 is 15.0 Å². The summed E-state index contributed by atoms with van der Waals surface area (Å²) in [6.45, 7) is 0.703. The molecule has 110 valence electrons. The van der Waals surface area contributed by atoms with Gasteiger partial charge in [-0.2, -0.15) is 0 Å². The number of hydrogen-bond donors (Lipinski definition) is 1. The van der Waals surface area contributed by atoms with Gasteiger partial charge in [-0.25, -0.2) is 4.39 Å². The van der Waals surface area contributed by atoms with E-state index in [-0.39, 0.29) is 17.4 Å². The number of aryl methyl sites for hydroxylation is 1. The first-order valence-corrected chi connectivity index (χ1v) is 6.14. The van der Waals surface area contributed by atoms with Crippen LogP contribution >= 0.6 is 0 Å². The molecule has 0 unspecified atom stereocenters. The molecule has 0 heterocycles. The number of benzene rings is 2. The maximum Gasteiger partial charge on any atom is 0.255 e. The van der Waals surface area contributed by atoms with Crippen LogP contribution in [-0.4, -0.2) is 12.8 Å². The smallest absolute Gasteiger partial charge is 0.255 e. The Bertz CT molecular complexity index is 647. The van der Waals surface area contributed by atoms with Crippen LogP contribution in [0, 0.1) is 6.92 Å². The summed E-state index contributed by atoms with van der Waals surface area (Å²) in [5.41, 5.74) is 1.63. The molecule has 0 bridgehead atoms. The third-order valence-corrected chi connectivity index (χ3v) is 2.88. The zero-order valence-corrected chi connectivity index (χ0v) is 11.2. The summed E-state index contributed by atoms with van der Waals surface area (Å²) >= 11 is 0. The van der Waals surface area contributed by atoms with Gasteiger partial charge in [0.2, 0.25) is 12.6 Å². The molecule has 0 aliphatic carbocycles. The minimum absolute atomic E-state index is 0.0890. The van der Waals surface area contributed by atoms with Gasteiger partial charge < -0.3 is 10.1 Å². The quantitative estimate of drug-likeness (QED) is 0.911. The molecule has 4 nitrogen and oxygen atoms in total. The summed E-state index contributed by atoms with van der Waals surface area (Å²) in [7, 11) is 0. The predicted molar refractivity (Wildman–Crippen MR) is 73.9 cm³/mol. The third kappa shape index (κ3) is 3.47. The Labute approximate surface area is 120 Å². The van der Waals surface area contributed by atoms with E-state index in [2.05, 4.69) is 15.0 Å². The van der Waals surface area contributed by atoms with Gasteiger partial charge in [0.15, 0.2) is 5.75 Å². The van der Waals surface area contributed by atoms with E-state index in [1.54, 1.807) is 12.1 Å². The molecular weight excluding hydrogens is 280 g/mol. The number of amides is 1. The number of rotatable bonds is 5. The van der Waals surface area contributed by atoms with Crippen molar-refractivity contribution in [1.29, 1.82) is 0 Å². The molecule has 0 fully saturated rings. The van der Waals surface area contributed by atoms with Crippen molar-refractivity contribution in [3.63, 3.8) is 0 Å². The number of carbonyl (C=O) groups excluding carboxylic acids is 1. The first-order valence-electron chi connectivity index (χ1n) is 6.14. The van der Waals surface area contributed by atoms with Crippen molar-refractivity contribution in [1.82, 2.24) is 0 Å². The molecule has 0 saturated heterocycles. The lowest BCUT2D eigenvalue weighted by atomic mass is 10.1. The average molecular weight is 293 g/mol. The van der Waals surface area contributed by atoms with E-state index in [1.807, 2.05) is 19.1 Å². The van der Waals surface area contributed by atoms with Crippen LogP contribution in [0.15, 0.2) is 42.5 Å². The maximum absolute atomic E-state index is 12.4. The van der Waals surface area contributed by atoms with Crippen molar-refractivity contribution in [3.8, 4) is 11.5 Å². The predicted octanol–water partition coefficient (Wildman–Crippen LogP) is 3.82. The van der Waals surface area contributed by atoms with Crippen molar-refractivity contribution in [2.24, 2.45) is 0 Å². The lowest BCUT2D eigenvalue weighted by Gasteiger charge is -2.10. The molecule has 1 amide bonds.